The first-order valence-corrected chi connectivity index (χ1v) is 5.90. The molecule has 2 unspecified atom stereocenters. The zero-order chi connectivity index (χ0) is 10.8. The maximum atomic E-state index is 9.54. The van der Waals surface area contributed by atoms with Gasteiger partial charge in [-0.05, 0) is 13.8 Å². The van der Waals surface area contributed by atoms with E-state index in [-0.39, 0.29) is 12.1 Å². The molecule has 0 aromatic carbocycles. The van der Waals surface area contributed by atoms with Gasteiger partial charge < -0.3 is 15.2 Å². The Kier molecular flexibility index (Phi) is 3.35. The zero-order valence-electron chi connectivity index (χ0n) is 8.99. The highest BCUT2D eigenvalue weighted by molar-refractivity contribution is 7.11. The van der Waals surface area contributed by atoms with Gasteiger partial charge in [-0.1, -0.05) is 0 Å². The van der Waals surface area contributed by atoms with E-state index in [4.69, 9.17) is 4.74 Å². The van der Waals surface area contributed by atoms with Crippen LogP contribution in [-0.4, -0.2) is 35.5 Å². The molecule has 84 valence electrons. The Morgan fingerprint density at radius 2 is 2.33 bits per heavy atom. The highest BCUT2D eigenvalue weighted by Crippen LogP contribution is 2.17. The molecule has 2 atom stereocenters. The summed E-state index contributed by atoms with van der Waals surface area (Å²) in [5.41, 5.74) is 1.08. The number of ether oxygens (including phenoxy) is 1. The maximum Gasteiger partial charge on any atom is 0.0948 e. The normalized spacial score (nSPS) is 26.1. The molecule has 1 aromatic heterocycles. The summed E-state index contributed by atoms with van der Waals surface area (Å²) in [6, 6.07) is 0.0619. The molecular weight excluding hydrogens is 212 g/mol. The van der Waals surface area contributed by atoms with Crippen molar-refractivity contribution >= 4 is 11.3 Å². The van der Waals surface area contributed by atoms with Gasteiger partial charge in [-0.2, -0.15) is 0 Å². The van der Waals surface area contributed by atoms with Crippen LogP contribution in [0.25, 0.3) is 0 Å². The molecular formula is C10H16N2O2S. The molecule has 0 bridgehead atoms. The van der Waals surface area contributed by atoms with Crippen molar-refractivity contribution in [3.8, 4) is 0 Å². The van der Waals surface area contributed by atoms with Crippen molar-refractivity contribution in [2.24, 2.45) is 0 Å². The standard InChI is InChI=1S/C10H16N2O2S/c1-6-10(15-7(2)12-6)3-11-8-4-14-5-9(8)13/h8-9,11,13H,3-5H2,1-2H3. The van der Waals surface area contributed by atoms with Crippen molar-refractivity contribution in [1.82, 2.24) is 10.3 Å². The Bertz CT molecular complexity index is 340. The van der Waals surface area contributed by atoms with Gasteiger partial charge >= 0.3 is 0 Å². The minimum absolute atomic E-state index is 0.0619. The number of nitrogens with zero attached hydrogens (tertiary/aromatic N) is 1. The minimum atomic E-state index is -0.376. The summed E-state index contributed by atoms with van der Waals surface area (Å²) in [6.45, 7) is 5.83. The predicted octanol–water partition coefficient (Wildman–Crippen LogP) is 0.609. The van der Waals surface area contributed by atoms with E-state index in [1.165, 1.54) is 4.88 Å². The largest absolute Gasteiger partial charge is 0.389 e. The van der Waals surface area contributed by atoms with E-state index >= 15 is 0 Å². The lowest BCUT2D eigenvalue weighted by Crippen LogP contribution is -2.38. The third kappa shape index (κ3) is 2.55. The summed E-state index contributed by atoms with van der Waals surface area (Å²) in [7, 11) is 0. The van der Waals surface area contributed by atoms with Crippen LogP contribution in [0.1, 0.15) is 15.6 Å². The molecule has 1 fully saturated rings. The number of hydrogen-bond acceptors (Lipinski definition) is 5. The van der Waals surface area contributed by atoms with Crippen molar-refractivity contribution in [2.75, 3.05) is 13.2 Å². The average Bonchev–Trinajstić information content (AvgIpc) is 2.70. The first-order valence-electron chi connectivity index (χ1n) is 5.09. The van der Waals surface area contributed by atoms with E-state index in [1.54, 1.807) is 11.3 Å². The van der Waals surface area contributed by atoms with Crippen LogP contribution in [0.15, 0.2) is 0 Å². The Morgan fingerprint density at radius 3 is 2.87 bits per heavy atom. The van der Waals surface area contributed by atoms with Crippen LogP contribution >= 0.6 is 11.3 Å². The van der Waals surface area contributed by atoms with Crippen LogP contribution < -0.4 is 5.32 Å². The van der Waals surface area contributed by atoms with Crippen molar-refractivity contribution < 1.29 is 9.84 Å². The second-order valence-corrected chi connectivity index (χ2v) is 5.12. The van der Waals surface area contributed by atoms with Gasteiger partial charge in [0.15, 0.2) is 0 Å². The molecule has 2 N–H and O–H groups in total. The quantitative estimate of drug-likeness (QED) is 0.796. The van der Waals surface area contributed by atoms with Gasteiger partial charge in [-0.3, -0.25) is 0 Å². The van der Waals surface area contributed by atoms with E-state index in [9.17, 15) is 5.11 Å². The van der Waals surface area contributed by atoms with Crippen LogP contribution in [-0.2, 0) is 11.3 Å². The molecule has 1 aromatic rings. The summed E-state index contributed by atoms with van der Waals surface area (Å²) >= 11 is 1.70. The Hall–Kier alpha value is -0.490. The fourth-order valence-corrected chi connectivity index (χ4v) is 2.59. The zero-order valence-corrected chi connectivity index (χ0v) is 9.80. The average molecular weight is 228 g/mol. The number of aromatic nitrogens is 1. The van der Waals surface area contributed by atoms with Crippen molar-refractivity contribution in [3.63, 3.8) is 0 Å². The fraction of sp³-hybridized carbons (Fsp3) is 0.700. The van der Waals surface area contributed by atoms with Gasteiger partial charge in [0.05, 0.1) is 36.1 Å². The van der Waals surface area contributed by atoms with E-state index in [0.717, 1.165) is 17.2 Å². The molecule has 0 aliphatic carbocycles. The number of hydrogen-bond donors (Lipinski definition) is 2. The third-order valence-electron chi connectivity index (χ3n) is 2.57. The lowest BCUT2D eigenvalue weighted by Gasteiger charge is -2.13. The van der Waals surface area contributed by atoms with Crippen LogP contribution in [0, 0.1) is 13.8 Å². The number of rotatable bonds is 3. The fourth-order valence-electron chi connectivity index (χ4n) is 1.70. The molecule has 1 aliphatic heterocycles. The van der Waals surface area contributed by atoms with Gasteiger partial charge in [0.2, 0.25) is 0 Å². The van der Waals surface area contributed by atoms with Gasteiger partial charge in [-0.25, -0.2) is 4.98 Å². The van der Waals surface area contributed by atoms with Crippen molar-refractivity contribution in [1.29, 1.82) is 0 Å². The molecule has 1 saturated heterocycles. The monoisotopic (exact) mass is 228 g/mol. The molecule has 2 rings (SSSR count). The summed E-state index contributed by atoms with van der Waals surface area (Å²) in [5.74, 6) is 0. The van der Waals surface area contributed by atoms with E-state index in [0.29, 0.717) is 13.2 Å². The van der Waals surface area contributed by atoms with E-state index in [1.807, 2.05) is 13.8 Å². The minimum Gasteiger partial charge on any atom is -0.389 e. The Balaban J connectivity index is 1.90. The third-order valence-corrected chi connectivity index (χ3v) is 3.65. The summed E-state index contributed by atoms with van der Waals surface area (Å²) < 4.78 is 5.17. The molecule has 0 spiro atoms. The lowest BCUT2D eigenvalue weighted by molar-refractivity contribution is 0.122. The Morgan fingerprint density at radius 1 is 1.53 bits per heavy atom. The van der Waals surface area contributed by atoms with E-state index in [2.05, 4.69) is 10.3 Å². The first-order chi connectivity index (χ1) is 7.16. The van der Waals surface area contributed by atoms with Gasteiger partial charge in [0.25, 0.3) is 0 Å². The number of aliphatic hydroxyl groups is 1. The molecule has 4 nitrogen and oxygen atoms in total. The molecule has 0 radical (unpaired) electrons. The number of thiazole rings is 1. The Labute approximate surface area is 93.3 Å². The molecule has 2 heterocycles. The number of aryl methyl sites for hydroxylation is 2. The summed E-state index contributed by atoms with van der Waals surface area (Å²) in [5, 5.41) is 13.9. The maximum absolute atomic E-state index is 9.54. The van der Waals surface area contributed by atoms with Crippen LogP contribution in [0.3, 0.4) is 0 Å². The van der Waals surface area contributed by atoms with Crippen molar-refractivity contribution in [3.05, 3.63) is 15.6 Å². The van der Waals surface area contributed by atoms with Crippen LogP contribution in [0.4, 0.5) is 0 Å². The highest BCUT2D eigenvalue weighted by atomic mass is 32.1. The topological polar surface area (TPSA) is 54.4 Å². The van der Waals surface area contributed by atoms with Gasteiger partial charge in [-0.15, -0.1) is 11.3 Å². The van der Waals surface area contributed by atoms with Gasteiger partial charge in [0, 0.05) is 11.4 Å². The van der Waals surface area contributed by atoms with Crippen LogP contribution in [0.2, 0.25) is 0 Å². The molecule has 0 amide bonds. The highest BCUT2D eigenvalue weighted by Gasteiger charge is 2.25. The lowest BCUT2D eigenvalue weighted by atomic mass is 10.2. The molecule has 5 heteroatoms. The smallest absolute Gasteiger partial charge is 0.0948 e. The van der Waals surface area contributed by atoms with Crippen LogP contribution in [0.5, 0.6) is 0 Å². The van der Waals surface area contributed by atoms with Gasteiger partial charge in [0.1, 0.15) is 0 Å². The van der Waals surface area contributed by atoms with Crippen molar-refractivity contribution in [2.45, 2.75) is 32.5 Å². The molecule has 15 heavy (non-hydrogen) atoms. The number of aliphatic hydroxyl groups excluding tert-OH is 1. The molecule has 0 saturated carbocycles. The number of nitrogens with one attached hydrogen (secondary N) is 1. The summed E-state index contributed by atoms with van der Waals surface area (Å²) in [6.07, 6.45) is -0.376. The van der Waals surface area contributed by atoms with E-state index < -0.39 is 0 Å². The second-order valence-electron chi connectivity index (χ2n) is 3.83. The SMILES string of the molecule is Cc1nc(C)c(CNC2COCC2O)s1. The predicted molar refractivity (Wildman–Crippen MR) is 59.0 cm³/mol. The summed E-state index contributed by atoms with van der Waals surface area (Å²) in [4.78, 5) is 5.60. The second kappa shape index (κ2) is 4.57. The molecule has 1 aliphatic rings. The first kappa shape index (κ1) is 11.0.